The van der Waals surface area contributed by atoms with Gasteiger partial charge in [-0.3, -0.25) is 0 Å². The Labute approximate surface area is 93.7 Å². The molecule has 4 N–H and O–H groups in total. The van der Waals surface area contributed by atoms with Crippen molar-refractivity contribution >= 4 is 0 Å². The van der Waals surface area contributed by atoms with Crippen LogP contribution in [-0.4, -0.2) is 63.8 Å². The van der Waals surface area contributed by atoms with Crippen molar-refractivity contribution in [3.8, 4) is 0 Å². The zero-order valence-electron chi connectivity index (χ0n) is 9.06. The van der Waals surface area contributed by atoms with Crippen molar-refractivity contribution in [3.63, 3.8) is 0 Å². The summed E-state index contributed by atoms with van der Waals surface area (Å²) in [6.45, 7) is 4.72. The number of rotatable bonds is 4. The predicted molar refractivity (Wildman–Crippen MR) is 54.5 cm³/mol. The second-order valence-corrected chi connectivity index (χ2v) is 3.77. The summed E-state index contributed by atoms with van der Waals surface area (Å²) >= 11 is 0. The molecule has 6 nitrogen and oxygen atoms in total. The Balaban J connectivity index is 2.66. The van der Waals surface area contributed by atoms with Crippen LogP contribution in [0, 0.1) is 0 Å². The van der Waals surface area contributed by atoms with Gasteiger partial charge in [0, 0.05) is 0 Å². The third-order valence-corrected chi connectivity index (χ3v) is 2.53. The van der Waals surface area contributed by atoms with E-state index in [0.29, 0.717) is 0 Å². The third-order valence-electron chi connectivity index (χ3n) is 2.53. The van der Waals surface area contributed by atoms with Crippen LogP contribution < -0.4 is 0 Å². The molecule has 1 fully saturated rings. The van der Waals surface area contributed by atoms with E-state index in [4.69, 9.17) is 14.6 Å². The molecule has 0 bridgehead atoms. The van der Waals surface area contributed by atoms with Crippen LogP contribution >= 0.6 is 0 Å². The Hall–Kier alpha value is -0.500. The molecular formula is C10H18O6. The summed E-state index contributed by atoms with van der Waals surface area (Å²) in [4.78, 5) is 0. The van der Waals surface area contributed by atoms with Gasteiger partial charge in [-0.15, -0.1) is 6.58 Å². The molecule has 0 aromatic rings. The molecule has 0 aliphatic carbocycles. The van der Waals surface area contributed by atoms with Crippen LogP contribution in [-0.2, 0) is 9.47 Å². The van der Waals surface area contributed by atoms with E-state index < -0.39 is 37.3 Å². The molecule has 94 valence electrons. The minimum Gasteiger partial charge on any atom is -0.394 e. The molecule has 1 heterocycles. The average molecular weight is 234 g/mol. The van der Waals surface area contributed by atoms with Crippen LogP contribution in [0.3, 0.4) is 0 Å². The molecule has 0 aromatic heterocycles. The summed E-state index contributed by atoms with van der Waals surface area (Å²) in [7, 11) is 0. The fourth-order valence-electron chi connectivity index (χ4n) is 1.45. The SMILES string of the molecule is C=C[C@@H](C)O[C@@H]1O[C@H](CO)[C@H](O)[C@H](O)[C@H]1O. The smallest absolute Gasteiger partial charge is 0.187 e. The number of hydrogen-bond acceptors (Lipinski definition) is 6. The molecule has 0 spiro atoms. The van der Waals surface area contributed by atoms with Gasteiger partial charge in [-0.25, -0.2) is 0 Å². The van der Waals surface area contributed by atoms with Gasteiger partial charge in [0.05, 0.1) is 12.7 Å². The van der Waals surface area contributed by atoms with E-state index in [1.165, 1.54) is 6.08 Å². The van der Waals surface area contributed by atoms with E-state index in [-0.39, 0.29) is 6.10 Å². The molecule has 1 aliphatic heterocycles. The lowest BCUT2D eigenvalue weighted by molar-refractivity contribution is -0.306. The van der Waals surface area contributed by atoms with Crippen molar-refractivity contribution in [2.75, 3.05) is 6.61 Å². The van der Waals surface area contributed by atoms with Gasteiger partial charge in [-0.2, -0.15) is 0 Å². The minimum atomic E-state index is -1.41. The monoisotopic (exact) mass is 234 g/mol. The van der Waals surface area contributed by atoms with Gasteiger partial charge >= 0.3 is 0 Å². The summed E-state index contributed by atoms with van der Waals surface area (Å²) in [5.74, 6) is 0. The lowest BCUT2D eigenvalue weighted by Gasteiger charge is -2.40. The first-order chi connectivity index (χ1) is 7.51. The predicted octanol–water partition coefficient (Wildman–Crippen LogP) is -1.62. The minimum absolute atomic E-state index is 0.374. The van der Waals surface area contributed by atoms with Crippen LogP contribution in [0.1, 0.15) is 6.92 Å². The quantitative estimate of drug-likeness (QED) is 0.436. The van der Waals surface area contributed by atoms with E-state index in [9.17, 15) is 15.3 Å². The maximum absolute atomic E-state index is 9.59. The highest BCUT2D eigenvalue weighted by atomic mass is 16.7. The van der Waals surface area contributed by atoms with Crippen molar-refractivity contribution < 1.29 is 29.9 Å². The number of aliphatic hydroxyl groups excluding tert-OH is 4. The first kappa shape index (κ1) is 13.6. The zero-order chi connectivity index (χ0) is 12.3. The van der Waals surface area contributed by atoms with Crippen LogP contribution in [0.5, 0.6) is 0 Å². The van der Waals surface area contributed by atoms with Crippen LogP contribution in [0.2, 0.25) is 0 Å². The summed E-state index contributed by atoms with van der Waals surface area (Å²) in [5.41, 5.74) is 0. The Morgan fingerprint density at radius 2 is 1.94 bits per heavy atom. The summed E-state index contributed by atoms with van der Waals surface area (Å²) in [6.07, 6.45) is -5.04. The van der Waals surface area contributed by atoms with E-state index in [1.54, 1.807) is 6.92 Å². The molecule has 6 heteroatoms. The Morgan fingerprint density at radius 1 is 1.31 bits per heavy atom. The lowest BCUT2D eigenvalue weighted by Crippen LogP contribution is -2.59. The van der Waals surface area contributed by atoms with Gasteiger partial charge in [-0.05, 0) is 6.92 Å². The highest BCUT2D eigenvalue weighted by molar-refractivity contribution is 4.90. The van der Waals surface area contributed by atoms with E-state index in [0.717, 1.165) is 0 Å². The molecule has 0 radical (unpaired) electrons. The Morgan fingerprint density at radius 3 is 2.44 bits per heavy atom. The van der Waals surface area contributed by atoms with Gasteiger partial charge in [0.1, 0.15) is 24.4 Å². The van der Waals surface area contributed by atoms with Crippen LogP contribution in [0.15, 0.2) is 12.7 Å². The van der Waals surface area contributed by atoms with Crippen molar-refractivity contribution in [1.29, 1.82) is 0 Å². The fourth-order valence-corrected chi connectivity index (χ4v) is 1.45. The number of hydrogen-bond donors (Lipinski definition) is 4. The van der Waals surface area contributed by atoms with Crippen molar-refractivity contribution in [3.05, 3.63) is 12.7 Å². The maximum atomic E-state index is 9.59. The van der Waals surface area contributed by atoms with Gasteiger partial charge in [-0.1, -0.05) is 6.08 Å². The first-order valence-corrected chi connectivity index (χ1v) is 5.09. The van der Waals surface area contributed by atoms with E-state index >= 15 is 0 Å². The van der Waals surface area contributed by atoms with Crippen molar-refractivity contribution in [2.45, 2.75) is 43.7 Å². The maximum Gasteiger partial charge on any atom is 0.187 e. The third kappa shape index (κ3) is 2.79. The largest absolute Gasteiger partial charge is 0.394 e. The molecule has 1 saturated heterocycles. The van der Waals surface area contributed by atoms with Gasteiger partial charge in [0.25, 0.3) is 0 Å². The second-order valence-electron chi connectivity index (χ2n) is 3.77. The second kappa shape index (κ2) is 5.72. The van der Waals surface area contributed by atoms with Crippen molar-refractivity contribution in [1.82, 2.24) is 0 Å². The van der Waals surface area contributed by atoms with E-state index in [2.05, 4.69) is 6.58 Å². The molecule has 0 saturated carbocycles. The highest BCUT2D eigenvalue weighted by Crippen LogP contribution is 2.22. The normalized spacial score (nSPS) is 41.7. The topological polar surface area (TPSA) is 99.4 Å². The van der Waals surface area contributed by atoms with Crippen LogP contribution in [0.4, 0.5) is 0 Å². The highest BCUT2D eigenvalue weighted by Gasteiger charge is 2.44. The molecule has 1 rings (SSSR count). The number of ether oxygens (including phenoxy) is 2. The Bertz CT molecular complexity index is 231. The molecule has 1 aliphatic rings. The summed E-state index contributed by atoms with van der Waals surface area (Å²) in [6, 6.07) is 0. The first-order valence-electron chi connectivity index (χ1n) is 5.09. The lowest BCUT2D eigenvalue weighted by atomic mass is 9.99. The molecule has 16 heavy (non-hydrogen) atoms. The summed E-state index contributed by atoms with van der Waals surface area (Å²) < 4.78 is 10.4. The van der Waals surface area contributed by atoms with Gasteiger partial charge in [0.2, 0.25) is 0 Å². The van der Waals surface area contributed by atoms with Gasteiger partial charge in [0.15, 0.2) is 6.29 Å². The zero-order valence-corrected chi connectivity index (χ0v) is 9.06. The van der Waals surface area contributed by atoms with Crippen LogP contribution in [0.25, 0.3) is 0 Å². The van der Waals surface area contributed by atoms with Crippen molar-refractivity contribution in [2.24, 2.45) is 0 Å². The Kier molecular flexibility index (Phi) is 4.85. The van der Waals surface area contributed by atoms with Gasteiger partial charge < -0.3 is 29.9 Å². The molecule has 0 aromatic carbocycles. The van der Waals surface area contributed by atoms with E-state index in [1.807, 2.05) is 0 Å². The molecular weight excluding hydrogens is 216 g/mol. The number of aliphatic hydroxyl groups is 4. The fraction of sp³-hybridized carbons (Fsp3) is 0.800. The average Bonchev–Trinajstić information content (AvgIpc) is 2.29. The molecule has 0 amide bonds. The standard InChI is InChI=1S/C10H18O6/c1-3-5(2)15-10-9(14)8(13)7(12)6(4-11)16-10/h3,5-14H,1,4H2,2H3/t5-,6-,7+,8+,9-,10-/m1/s1. The summed E-state index contributed by atoms with van der Waals surface area (Å²) in [5, 5.41) is 37.5. The molecule has 0 unspecified atom stereocenters. The molecule has 6 atom stereocenters.